The van der Waals surface area contributed by atoms with Crippen molar-refractivity contribution in [3.05, 3.63) is 24.3 Å². The Bertz CT molecular complexity index is 973. The normalized spacial score (nSPS) is 12.1. The van der Waals surface area contributed by atoms with Gasteiger partial charge in [0.25, 0.3) is 0 Å². The minimum absolute atomic E-state index is 0.0714. The Hall–Kier alpha value is -2.11. The highest BCUT2D eigenvalue weighted by Gasteiger charge is 2.19. The fraction of sp³-hybridized carbons (Fsp3) is 0.870. The molecule has 0 saturated carbocycles. The Morgan fingerprint density at radius 3 is 0.883 bits per heavy atom. The van der Waals surface area contributed by atoms with Crippen molar-refractivity contribution in [1.82, 2.24) is 0 Å². The quantitative estimate of drug-likeness (QED) is 0.0263. The molecular formula is C54H100O6. The van der Waals surface area contributed by atoms with E-state index in [1.54, 1.807) is 0 Å². The molecular weight excluding hydrogens is 745 g/mol. The average molecular weight is 845 g/mol. The molecule has 0 spiro atoms. The van der Waals surface area contributed by atoms with Gasteiger partial charge in [0.1, 0.15) is 13.2 Å². The van der Waals surface area contributed by atoms with Crippen LogP contribution in [-0.4, -0.2) is 37.2 Å². The number of allylic oxidation sites excluding steroid dienone is 4. The van der Waals surface area contributed by atoms with Crippen LogP contribution in [0.5, 0.6) is 0 Å². The monoisotopic (exact) mass is 845 g/mol. The van der Waals surface area contributed by atoms with Gasteiger partial charge < -0.3 is 14.2 Å². The van der Waals surface area contributed by atoms with Gasteiger partial charge in [-0.2, -0.15) is 0 Å². The second-order valence-corrected chi connectivity index (χ2v) is 17.8. The molecule has 6 nitrogen and oxygen atoms in total. The molecule has 0 aromatic carbocycles. The van der Waals surface area contributed by atoms with Crippen LogP contribution in [0, 0.1) is 0 Å². The zero-order chi connectivity index (χ0) is 43.7. The van der Waals surface area contributed by atoms with Crippen LogP contribution in [0.3, 0.4) is 0 Å². The summed E-state index contributed by atoms with van der Waals surface area (Å²) in [6.07, 6.45) is 55.9. The number of hydrogen-bond acceptors (Lipinski definition) is 6. The summed E-state index contributed by atoms with van der Waals surface area (Å²) < 4.78 is 16.8. The first-order valence-corrected chi connectivity index (χ1v) is 26.4. The third-order valence-corrected chi connectivity index (χ3v) is 11.7. The molecule has 1 atom stereocenters. The number of hydrogen-bond donors (Lipinski definition) is 0. The smallest absolute Gasteiger partial charge is 0.306 e. The highest BCUT2D eigenvalue weighted by Crippen LogP contribution is 2.16. The lowest BCUT2D eigenvalue weighted by Crippen LogP contribution is -2.30. The van der Waals surface area contributed by atoms with Crippen LogP contribution < -0.4 is 0 Å². The lowest BCUT2D eigenvalue weighted by atomic mass is 10.0. The second kappa shape index (κ2) is 49.5. The maximum atomic E-state index is 12.8. The van der Waals surface area contributed by atoms with Crippen molar-refractivity contribution < 1.29 is 28.6 Å². The first-order valence-electron chi connectivity index (χ1n) is 26.4. The van der Waals surface area contributed by atoms with Crippen molar-refractivity contribution in [2.24, 2.45) is 0 Å². The fourth-order valence-electron chi connectivity index (χ4n) is 7.73. The predicted molar refractivity (Wildman–Crippen MR) is 256 cm³/mol. The predicted octanol–water partition coefficient (Wildman–Crippen LogP) is 17.2. The number of unbranched alkanes of at least 4 members (excludes halogenated alkanes) is 34. The number of carbonyl (C=O) groups is 3. The van der Waals surface area contributed by atoms with Crippen LogP contribution in [-0.2, 0) is 28.6 Å². The van der Waals surface area contributed by atoms with Crippen LogP contribution in [0.15, 0.2) is 24.3 Å². The van der Waals surface area contributed by atoms with E-state index < -0.39 is 6.10 Å². The molecule has 60 heavy (non-hydrogen) atoms. The molecule has 0 aliphatic heterocycles. The zero-order valence-electron chi connectivity index (χ0n) is 40.2. The molecule has 0 amide bonds. The van der Waals surface area contributed by atoms with E-state index >= 15 is 0 Å². The third kappa shape index (κ3) is 46.9. The van der Waals surface area contributed by atoms with Crippen LogP contribution in [0.1, 0.15) is 284 Å². The third-order valence-electron chi connectivity index (χ3n) is 11.7. The van der Waals surface area contributed by atoms with Gasteiger partial charge in [-0.1, -0.05) is 244 Å². The topological polar surface area (TPSA) is 78.9 Å². The highest BCUT2D eigenvalue weighted by atomic mass is 16.6. The summed E-state index contributed by atoms with van der Waals surface area (Å²) >= 11 is 0. The van der Waals surface area contributed by atoms with E-state index in [9.17, 15) is 14.4 Å². The van der Waals surface area contributed by atoms with E-state index in [0.717, 1.165) is 77.0 Å². The Labute approximate surface area is 373 Å². The molecule has 0 heterocycles. The molecule has 352 valence electrons. The van der Waals surface area contributed by atoms with Crippen LogP contribution in [0.25, 0.3) is 0 Å². The Balaban J connectivity index is 4.33. The Morgan fingerprint density at radius 1 is 0.333 bits per heavy atom. The zero-order valence-corrected chi connectivity index (χ0v) is 40.2. The minimum atomic E-state index is -0.770. The second-order valence-electron chi connectivity index (χ2n) is 17.8. The van der Waals surface area contributed by atoms with E-state index in [1.807, 2.05) is 0 Å². The molecule has 0 aliphatic carbocycles. The van der Waals surface area contributed by atoms with E-state index in [4.69, 9.17) is 14.2 Å². The summed E-state index contributed by atoms with van der Waals surface area (Å²) in [5.74, 6) is -0.873. The van der Waals surface area contributed by atoms with Gasteiger partial charge in [0.15, 0.2) is 6.10 Å². The number of ether oxygens (including phenoxy) is 3. The summed E-state index contributed by atoms with van der Waals surface area (Å²) in [7, 11) is 0. The fourth-order valence-corrected chi connectivity index (χ4v) is 7.73. The number of esters is 3. The van der Waals surface area contributed by atoms with Crippen molar-refractivity contribution >= 4 is 17.9 Å². The first kappa shape index (κ1) is 57.9. The van der Waals surface area contributed by atoms with Gasteiger partial charge in [-0.15, -0.1) is 0 Å². The molecule has 0 saturated heterocycles. The Morgan fingerprint density at radius 2 is 0.583 bits per heavy atom. The minimum Gasteiger partial charge on any atom is -0.462 e. The molecule has 0 rings (SSSR count). The summed E-state index contributed by atoms with van der Waals surface area (Å²) in [6, 6.07) is 0. The van der Waals surface area contributed by atoms with Gasteiger partial charge in [-0.25, -0.2) is 0 Å². The summed E-state index contributed by atoms with van der Waals surface area (Å²) in [5, 5.41) is 0. The summed E-state index contributed by atoms with van der Waals surface area (Å²) in [4.78, 5) is 37.9. The molecule has 0 aromatic rings. The molecule has 0 radical (unpaired) electrons. The molecule has 0 N–H and O–H groups in total. The van der Waals surface area contributed by atoms with Crippen molar-refractivity contribution in [3.8, 4) is 0 Å². The van der Waals surface area contributed by atoms with Gasteiger partial charge in [0.2, 0.25) is 0 Å². The van der Waals surface area contributed by atoms with E-state index in [1.165, 1.54) is 167 Å². The van der Waals surface area contributed by atoms with E-state index in [0.29, 0.717) is 19.3 Å². The summed E-state index contributed by atoms with van der Waals surface area (Å²) in [6.45, 7) is 6.64. The first-order chi connectivity index (χ1) is 29.5. The lowest BCUT2D eigenvalue weighted by Gasteiger charge is -2.18. The molecule has 0 bridgehead atoms. The van der Waals surface area contributed by atoms with E-state index in [-0.39, 0.29) is 31.1 Å². The van der Waals surface area contributed by atoms with Crippen molar-refractivity contribution in [3.63, 3.8) is 0 Å². The standard InChI is InChI=1S/C54H100O6/c1-4-7-10-13-16-19-22-25-26-27-28-29-30-33-35-38-41-44-47-53(56)59-50-51(60-54(57)48-45-42-39-36-32-24-21-18-15-12-9-6-3)49-58-52(55)46-43-40-37-34-31-23-20-17-14-11-8-5-2/h26-29,51H,4-25,30-50H2,1-3H3/b27-26-,29-28-. The van der Waals surface area contributed by atoms with Gasteiger partial charge in [0, 0.05) is 19.3 Å². The number of carbonyl (C=O) groups excluding carboxylic acids is 3. The molecule has 0 fully saturated rings. The van der Waals surface area contributed by atoms with Crippen LogP contribution in [0.2, 0.25) is 0 Å². The molecule has 6 heteroatoms. The number of rotatable bonds is 48. The van der Waals surface area contributed by atoms with Crippen molar-refractivity contribution in [2.45, 2.75) is 290 Å². The van der Waals surface area contributed by atoms with Gasteiger partial charge >= 0.3 is 17.9 Å². The highest BCUT2D eigenvalue weighted by molar-refractivity contribution is 5.71. The average Bonchev–Trinajstić information content (AvgIpc) is 3.24. The molecule has 0 aliphatic rings. The maximum Gasteiger partial charge on any atom is 0.306 e. The molecule has 0 aromatic heterocycles. The lowest BCUT2D eigenvalue weighted by molar-refractivity contribution is -0.167. The van der Waals surface area contributed by atoms with Crippen LogP contribution >= 0.6 is 0 Å². The largest absolute Gasteiger partial charge is 0.462 e. The summed E-state index contributed by atoms with van der Waals surface area (Å²) in [5.41, 5.74) is 0. The van der Waals surface area contributed by atoms with Gasteiger partial charge in [-0.3, -0.25) is 14.4 Å². The van der Waals surface area contributed by atoms with Crippen LogP contribution in [0.4, 0.5) is 0 Å². The maximum absolute atomic E-state index is 12.8. The van der Waals surface area contributed by atoms with Gasteiger partial charge in [-0.05, 0) is 44.9 Å². The Kier molecular flexibility index (Phi) is 47.8. The SMILES string of the molecule is CCCCCCCCC/C=C\C=C/CCCCCCCC(=O)OCC(COC(=O)CCCCCCCCCCCCCC)OC(=O)CCCCCCCCCCCCCC. The van der Waals surface area contributed by atoms with Crippen molar-refractivity contribution in [1.29, 1.82) is 0 Å². The van der Waals surface area contributed by atoms with Crippen molar-refractivity contribution in [2.75, 3.05) is 13.2 Å². The van der Waals surface area contributed by atoms with Gasteiger partial charge in [0.05, 0.1) is 0 Å². The molecule has 1 unspecified atom stereocenters. The van der Waals surface area contributed by atoms with E-state index in [2.05, 4.69) is 45.1 Å².